The zero-order valence-electron chi connectivity index (χ0n) is 20.1. The second kappa shape index (κ2) is 10.8. The van der Waals surface area contributed by atoms with Crippen molar-refractivity contribution in [3.05, 3.63) is 63.4 Å². The molecule has 1 aliphatic carbocycles. The van der Waals surface area contributed by atoms with Crippen LogP contribution in [0.1, 0.15) is 58.6 Å². The van der Waals surface area contributed by atoms with Gasteiger partial charge >= 0.3 is 6.18 Å². The van der Waals surface area contributed by atoms with Crippen molar-refractivity contribution in [1.82, 2.24) is 9.62 Å². The van der Waals surface area contributed by atoms with Crippen LogP contribution in [0.4, 0.5) is 17.6 Å². The molecular weight excluding hydrogens is 536 g/mol. The quantitative estimate of drug-likeness (QED) is 0.439. The van der Waals surface area contributed by atoms with Crippen molar-refractivity contribution < 1.29 is 35.5 Å². The summed E-state index contributed by atoms with van der Waals surface area (Å²) in [5, 5.41) is 0.0398. The molecule has 0 spiro atoms. The highest BCUT2D eigenvalue weighted by molar-refractivity contribution is 7.89. The number of piperidine rings is 1. The predicted molar refractivity (Wildman–Crippen MR) is 131 cm³/mol. The lowest BCUT2D eigenvalue weighted by molar-refractivity contribution is -0.138. The molecule has 1 heterocycles. The van der Waals surface area contributed by atoms with Crippen LogP contribution in [0, 0.1) is 11.7 Å². The summed E-state index contributed by atoms with van der Waals surface area (Å²) in [6.45, 7) is 1.63. The second-order valence-corrected chi connectivity index (χ2v) is 11.9. The average Bonchev–Trinajstić information content (AvgIpc) is 3.63. The van der Waals surface area contributed by atoms with Gasteiger partial charge in [-0.3, -0.25) is 9.69 Å². The third-order valence-electron chi connectivity index (χ3n) is 6.59. The molecule has 0 atom stereocenters. The second-order valence-electron chi connectivity index (χ2n) is 9.68. The number of benzene rings is 2. The molecule has 1 amide bonds. The Morgan fingerprint density at radius 2 is 1.81 bits per heavy atom. The van der Waals surface area contributed by atoms with Crippen molar-refractivity contribution in [3.63, 3.8) is 0 Å². The fraction of sp³-hybridized carbons (Fsp3) is 0.480. The van der Waals surface area contributed by atoms with Gasteiger partial charge in [0.1, 0.15) is 11.6 Å². The Kier molecular flexibility index (Phi) is 8.06. The average molecular weight is 563 g/mol. The normalized spacial score (nSPS) is 17.6. The molecule has 1 saturated heterocycles. The number of nitrogens with zero attached hydrogens (tertiary/aromatic N) is 1. The molecule has 0 unspecified atom stereocenters. The van der Waals surface area contributed by atoms with Gasteiger partial charge in [0, 0.05) is 17.6 Å². The lowest BCUT2D eigenvalue weighted by Crippen LogP contribution is -2.35. The van der Waals surface area contributed by atoms with E-state index in [9.17, 15) is 30.8 Å². The maximum Gasteiger partial charge on any atom is 0.416 e. The van der Waals surface area contributed by atoms with Crippen LogP contribution >= 0.6 is 11.6 Å². The van der Waals surface area contributed by atoms with Gasteiger partial charge in [0.05, 0.1) is 24.0 Å². The monoisotopic (exact) mass is 562 g/mol. The molecule has 2 aliphatic rings. The first-order valence-corrected chi connectivity index (χ1v) is 14.1. The van der Waals surface area contributed by atoms with E-state index in [0.717, 1.165) is 31.2 Å². The summed E-state index contributed by atoms with van der Waals surface area (Å²) in [5.74, 6) is -1.33. The standard InChI is InChI=1S/C25H27ClF4N2O4S/c1-37(34,35)31-24(33)20-11-19(16-2-3-16)23(12-22(20)27)36-14-15-6-8-32(9-7-15)13-17-4-5-18(26)10-21(17)25(28,29)30/h4-5,10-12,15-16H,2-3,6-9,13-14H2,1H3,(H,31,33). The molecule has 6 nitrogen and oxygen atoms in total. The first-order chi connectivity index (χ1) is 17.3. The molecule has 2 aromatic rings. The van der Waals surface area contributed by atoms with Gasteiger partial charge in [-0.05, 0) is 79.9 Å². The van der Waals surface area contributed by atoms with Gasteiger partial charge in [-0.25, -0.2) is 17.5 Å². The molecule has 1 aliphatic heterocycles. The summed E-state index contributed by atoms with van der Waals surface area (Å²) >= 11 is 5.77. The summed E-state index contributed by atoms with van der Waals surface area (Å²) in [7, 11) is -3.84. The van der Waals surface area contributed by atoms with Gasteiger partial charge in [-0.15, -0.1) is 0 Å². The van der Waals surface area contributed by atoms with E-state index >= 15 is 0 Å². The van der Waals surface area contributed by atoms with Gasteiger partial charge in [0.2, 0.25) is 10.0 Å². The van der Waals surface area contributed by atoms with E-state index in [0.29, 0.717) is 43.9 Å². The Hall–Kier alpha value is -2.37. The highest BCUT2D eigenvalue weighted by Crippen LogP contribution is 2.45. The van der Waals surface area contributed by atoms with E-state index < -0.39 is 33.5 Å². The summed E-state index contributed by atoms with van der Waals surface area (Å²) < 4.78 is 85.3. The topological polar surface area (TPSA) is 75.7 Å². The van der Waals surface area contributed by atoms with E-state index in [1.54, 1.807) is 4.72 Å². The Labute approximate surface area is 218 Å². The van der Waals surface area contributed by atoms with Crippen molar-refractivity contribution in [1.29, 1.82) is 0 Å². The number of amides is 1. The highest BCUT2D eigenvalue weighted by Gasteiger charge is 2.34. The Morgan fingerprint density at radius 3 is 2.41 bits per heavy atom. The maximum absolute atomic E-state index is 14.7. The molecule has 1 saturated carbocycles. The Balaban J connectivity index is 1.37. The van der Waals surface area contributed by atoms with E-state index in [2.05, 4.69) is 0 Å². The number of nitrogens with one attached hydrogen (secondary N) is 1. The molecule has 202 valence electrons. The first kappa shape index (κ1) is 27.7. The number of alkyl halides is 3. The maximum atomic E-state index is 14.7. The van der Waals surface area contributed by atoms with Gasteiger partial charge < -0.3 is 4.74 Å². The summed E-state index contributed by atoms with van der Waals surface area (Å²) in [5.41, 5.74) is -0.238. The zero-order chi connectivity index (χ0) is 27.0. The summed E-state index contributed by atoms with van der Waals surface area (Å²) in [6, 6.07) is 6.30. The van der Waals surface area contributed by atoms with Crippen LogP contribution < -0.4 is 9.46 Å². The number of ether oxygens (including phenoxy) is 1. The van der Waals surface area contributed by atoms with Crippen LogP contribution in [0.3, 0.4) is 0 Å². The predicted octanol–water partition coefficient (Wildman–Crippen LogP) is 5.36. The Morgan fingerprint density at radius 1 is 1.14 bits per heavy atom. The summed E-state index contributed by atoms with van der Waals surface area (Å²) in [6.07, 6.45) is -0.549. The van der Waals surface area contributed by atoms with Crippen molar-refractivity contribution in [2.75, 3.05) is 26.0 Å². The highest BCUT2D eigenvalue weighted by atomic mass is 35.5. The third-order valence-corrected chi connectivity index (χ3v) is 7.38. The summed E-state index contributed by atoms with van der Waals surface area (Å²) in [4.78, 5) is 14.2. The lowest BCUT2D eigenvalue weighted by atomic mass is 9.96. The molecular formula is C25H27ClF4N2O4S. The fourth-order valence-electron chi connectivity index (χ4n) is 4.52. The number of sulfonamides is 1. The van der Waals surface area contributed by atoms with Gasteiger partial charge in [-0.2, -0.15) is 13.2 Å². The number of likely N-dealkylation sites (tertiary alicyclic amines) is 1. The van der Waals surface area contributed by atoms with Crippen molar-refractivity contribution in [2.24, 2.45) is 5.92 Å². The van der Waals surface area contributed by atoms with Gasteiger partial charge in [0.15, 0.2) is 0 Å². The van der Waals surface area contributed by atoms with E-state index in [4.69, 9.17) is 16.3 Å². The zero-order valence-corrected chi connectivity index (χ0v) is 21.6. The molecule has 2 fully saturated rings. The molecule has 1 N–H and O–H groups in total. The molecule has 12 heteroatoms. The number of carbonyl (C=O) groups excluding carboxylic acids is 1. The molecule has 0 bridgehead atoms. The van der Waals surface area contributed by atoms with Crippen molar-refractivity contribution in [2.45, 2.75) is 44.3 Å². The van der Waals surface area contributed by atoms with Crippen molar-refractivity contribution >= 4 is 27.5 Å². The van der Waals surface area contributed by atoms with Crippen LogP contribution in [0.5, 0.6) is 5.75 Å². The molecule has 2 aromatic carbocycles. The van der Waals surface area contributed by atoms with Crippen LogP contribution in [0.15, 0.2) is 30.3 Å². The number of halogens is 5. The first-order valence-electron chi connectivity index (χ1n) is 11.9. The SMILES string of the molecule is CS(=O)(=O)NC(=O)c1cc(C2CC2)c(OCC2CCN(Cc3ccc(Cl)cc3C(F)(F)F)CC2)cc1F. The molecule has 0 radical (unpaired) electrons. The van der Waals surface area contributed by atoms with Crippen molar-refractivity contribution in [3.8, 4) is 5.75 Å². The molecule has 37 heavy (non-hydrogen) atoms. The smallest absolute Gasteiger partial charge is 0.416 e. The third kappa shape index (κ3) is 7.36. The number of rotatable bonds is 8. The number of carbonyl (C=O) groups is 1. The molecule has 4 rings (SSSR count). The minimum atomic E-state index is -4.48. The largest absolute Gasteiger partial charge is 0.493 e. The lowest BCUT2D eigenvalue weighted by Gasteiger charge is -2.32. The minimum Gasteiger partial charge on any atom is -0.493 e. The van der Waals surface area contributed by atoms with Crippen LogP contribution in [-0.2, 0) is 22.7 Å². The van der Waals surface area contributed by atoms with Gasteiger partial charge in [-0.1, -0.05) is 17.7 Å². The van der Waals surface area contributed by atoms with E-state index in [1.165, 1.54) is 18.2 Å². The van der Waals surface area contributed by atoms with Crippen LogP contribution in [0.25, 0.3) is 0 Å². The Bertz CT molecular complexity index is 1270. The van der Waals surface area contributed by atoms with Gasteiger partial charge in [0.25, 0.3) is 5.91 Å². The number of hydrogen-bond acceptors (Lipinski definition) is 5. The molecule has 0 aromatic heterocycles. The minimum absolute atomic E-state index is 0.0398. The fourth-order valence-corrected chi connectivity index (χ4v) is 5.14. The van der Waals surface area contributed by atoms with E-state index in [-0.39, 0.29) is 34.5 Å². The van der Waals surface area contributed by atoms with E-state index in [1.807, 2.05) is 4.90 Å². The van der Waals surface area contributed by atoms with Crippen LogP contribution in [0.2, 0.25) is 5.02 Å². The van der Waals surface area contributed by atoms with Crippen LogP contribution in [-0.4, -0.2) is 45.2 Å². The number of hydrogen-bond donors (Lipinski definition) is 1.